The van der Waals surface area contributed by atoms with Gasteiger partial charge in [0.2, 0.25) is 0 Å². The summed E-state index contributed by atoms with van der Waals surface area (Å²) in [6.45, 7) is 0. The minimum absolute atomic E-state index is 0.0226. The lowest BCUT2D eigenvalue weighted by Gasteiger charge is -2.08. The van der Waals surface area contributed by atoms with Gasteiger partial charge in [0.1, 0.15) is 0 Å². The quantitative estimate of drug-likeness (QED) is 0.656. The molecule has 0 atom stereocenters. The zero-order valence-electron chi connectivity index (χ0n) is 6.24. The number of benzene rings is 1. The molecule has 1 aromatic rings. The molecule has 68 valence electrons. The second-order valence-corrected chi connectivity index (χ2v) is 3.43. The summed E-state index contributed by atoms with van der Waals surface area (Å²) in [4.78, 5) is 20.8. The summed E-state index contributed by atoms with van der Waals surface area (Å²) in [6.07, 6.45) is 0. The van der Waals surface area contributed by atoms with Crippen LogP contribution in [0.15, 0.2) is 18.2 Å². The standard InChI is InChI=1S/C8H5IO4/c9-6-3-4(7(10)11)1-2-5(6)8(12)13/h1-3H,(H,10,11)(H,12,13)/p-2. The Balaban J connectivity index is 3.20. The van der Waals surface area contributed by atoms with Crippen molar-refractivity contribution in [1.29, 1.82) is 0 Å². The number of aromatic carboxylic acids is 2. The predicted octanol–water partition coefficient (Wildman–Crippen LogP) is -0.982. The Morgan fingerprint density at radius 1 is 1.15 bits per heavy atom. The van der Waals surface area contributed by atoms with E-state index in [4.69, 9.17) is 0 Å². The van der Waals surface area contributed by atoms with E-state index in [9.17, 15) is 19.8 Å². The Morgan fingerprint density at radius 3 is 2.15 bits per heavy atom. The molecule has 4 nitrogen and oxygen atoms in total. The lowest BCUT2D eigenvalue weighted by molar-refractivity contribution is -0.256. The third-order valence-electron chi connectivity index (χ3n) is 1.42. The SMILES string of the molecule is O=C([O-])c1ccc(C(=O)[O-])c(I)c1. The first-order valence-electron chi connectivity index (χ1n) is 3.24. The fraction of sp³-hybridized carbons (Fsp3) is 0. The monoisotopic (exact) mass is 290 g/mol. The molecule has 0 unspecified atom stereocenters. The molecule has 0 bridgehead atoms. The van der Waals surface area contributed by atoms with E-state index in [0.29, 0.717) is 3.57 Å². The highest BCUT2D eigenvalue weighted by molar-refractivity contribution is 14.1. The molecule has 0 aromatic heterocycles. The Hall–Kier alpha value is -1.11. The second kappa shape index (κ2) is 3.73. The van der Waals surface area contributed by atoms with E-state index < -0.39 is 11.9 Å². The van der Waals surface area contributed by atoms with Crippen molar-refractivity contribution < 1.29 is 19.8 Å². The van der Waals surface area contributed by atoms with Gasteiger partial charge >= 0.3 is 0 Å². The van der Waals surface area contributed by atoms with Crippen LogP contribution in [0.4, 0.5) is 0 Å². The van der Waals surface area contributed by atoms with Crippen LogP contribution < -0.4 is 10.2 Å². The van der Waals surface area contributed by atoms with Crippen molar-refractivity contribution in [3.8, 4) is 0 Å². The van der Waals surface area contributed by atoms with Crippen molar-refractivity contribution in [2.24, 2.45) is 0 Å². The average molecular weight is 290 g/mol. The third kappa shape index (κ3) is 2.18. The Bertz CT molecular complexity index is 372. The second-order valence-electron chi connectivity index (χ2n) is 2.27. The van der Waals surface area contributed by atoms with Gasteiger partial charge in [0.05, 0.1) is 11.9 Å². The molecule has 0 spiro atoms. The highest BCUT2D eigenvalue weighted by Crippen LogP contribution is 2.13. The summed E-state index contributed by atoms with van der Waals surface area (Å²) in [6, 6.07) is 3.58. The maximum absolute atomic E-state index is 10.4. The van der Waals surface area contributed by atoms with Crippen LogP contribution in [-0.4, -0.2) is 11.9 Å². The zero-order valence-corrected chi connectivity index (χ0v) is 8.40. The smallest absolute Gasteiger partial charge is 0.0725 e. The summed E-state index contributed by atoms with van der Waals surface area (Å²) in [5, 5.41) is 20.8. The average Bonchev–Trinajstić information content (AvgIpc) is 2.03. The molecule has 0 heterocycles. The molecule has 0 N–H and O–H groups in total. The van der Waals surface area contributed by atoms with Gasteiger partial charge in [0, 0.05) is 9.13 Å². The van der Waals surface area contributed by atoms with Crippen LogP contribution in [0.1, 0.15) is 20.7 Å². The number of halogens is 1. The number of carboxylic acids is 2. The first-order chi connectivity index (χ1) is 6.02. The molecule has 1 aromatic carbocycles. The Labute approximate surface area is 87.3 Å². The van der Waals surface area contributed by atoms with Crippen LogP contribution in [0.3, 0.4) is 0 Å². The normalized spacial score (nSPS) is 9.62. The molecule has 5 heteroatoms. The first-order valence-corrected chi connectivity index (χ1v) is 4.32. The van der Waals surface area contributed by atoms with Gasteiger partial charge in [-0.05, 0) is 34.2 Å². The van der Waals surface area contributed by atoms with E-state index in [0.717, 1.165) is 0 Å². The van der Waals surface area contributed by atoms with E-state index in [1.807, 2.05) is 0 Å². The van der Waals surface area contributed by atoms with E-state index in [1.165, 1.54) is 18.2 Å². The maximum atomic E-state index is 10.4. The summed E-state index contributed by atoms with van der Waals surface area (Å²) in [5.74, 6) is -2.66. The van der Waals surface area contributed by atoms with E-state index in [1.54, 1.807) is 22.6 Å². The van der Waals surface area contributed by atoms with Crippen LogP contribution in [-0.2, 0) is 0 Å². The minimum Gasteiger partial charge on any atom is -0.545 e. The highest BCUT2D eigenvalue weighted by Gasteiger charge is 2.02. The number of rotatable bonds is 2. The van der Waals surface area contributed by atoms with Crippen LogP contribution in [0.25, 0.3) is 0 Å². The molecule has 0 aliphatic heterocycles. The van der Waals surface area contributed by atoms with Gasteiger partial charge in [-0.3, -0.25) is 0 Å². The third-order valence-corrected chi connectivity index (χ3v) is 2.32. The molecule has 0 aliphatic rings. The van der Waals surface area contributed by atoms with Gasteiger partial charge in [0.25, 0.3) is 0 Å². The Morgan fingerprint density at radius 2 is 1.77 bits per heavy atom. The first kappa shape index (κ1) is 9.97. The molecule has 0 radical (unpaired) electrons. The topological polar surface area (TPSA) is 80.3 Å². The number of hydrogen-bond acceptors (Lipinski definition) is 4. The van der Waals surface area contributed by atoms with Gasteiger partial charge in [-0.2, -0.15) is 0 Å². The summed E-state index contributed by atoms with van der Waals surface area (Å²) >= 11 is 1.72. The van der Waals surface area contributed by atoms with Crippen molar-refractivity contribution in [3.63, 3.8) is 0 Å². The van der Waals surface area contributed by atoms with Gasteiger partial charge in [-0.1, -0.05) is 12.1 Å². The number of hydrogen-bond donors (Lipinski definition) is 0. The zero-order chi connectivity index (χ0) is 10.0. The molecular formula is C8H3IO4-2. The Kier molecular flexibility index (Phi) is 2.86. The molecule has 13 heavy (non-hydrogen) atoms. The number of carboxylic acid groups (broad SMARTS) is 2. The molecular weight excluding hydrogens is 287 g/mol. The summed E-state index contributed by atoms with van der Waals surface area (Å²) in [5.41, 5.74) is -0.0694. The van der Waals surface area contributed by atoms with Crippen molar-refractivity contribution in [2.45, 2.75) is 0 Å². The van der Waals surface area contributed by atoms with E-state index in [-0.39, 0.29) is 11.1 Å². The van der Waals surface area contributed by atoms with Crippen LogP contribution in [0.2, 0.25) is 0 Å². The van der Waals surface area contributed by atoms with Gasteiger partial charge in [0.15, 0.2) is 0 Å². The fourth-order valence-electron chi connectivity index (χ4n) is 0.808. The van der Waals surface area contributed by atoms with Crippen LogP contribution in [0, 0.1) is 3.57 Å². The summed E-state index contributed by atoms with van der Waals surface area (Å²) < 4.78 is 0.319. The van der Waals surface area contributed by atoms with Crippen molar-refractivity contribution >= 4 is 34.5 Å². The maximum Gasteiger partial charge on any atom is 0.0725 e. The van der Waals surface area contributed by atoms with Crippen molar-refractivity contribution in [2.75, 3.05) is 0 Å². The predicted molar refractivity (Wildman–Crippen MR) is 47.8 cm³/mol. The number of carbonyl (C=O) groups is 2. The fourth-order valence-corrected chi connectivity index (χ4v) is 1.54. The van der Waals surface area contributed by atoms with E-state index in [2.05, 4.69) is 0 Å². The van der Waals surface area contributed by atoms with Crippen molar-refractivity contribution in [3.05, 3.63) is 32.9 Å². The van der Waals surface area contributed by atoms with Gasteiger partial charge in [-0.25, -0.2) is 0 Å². The molecule has 0 saturated carbocycles. The molecule has 0 fully saturated rings. The molecule has 0 aliphatic carbocycles. The number of carbonyl (C=O) groups excluding carboxylic acids is 2. The van der Waals surface area contributed by atoms with E-state index >= 15 is 0 Å². The lowest BCUT2D eigenvalue weighted by atomic mass is 10.1. The largest absolute Gasteiger partial charge is 0.545 e. The van der Waals surface area contributed by atoms with Crippen LogP contribution in [0.5, 0.6) is 0 Å². The molecule has 0 amide bonds. The lowest BCUT2D eigenvalue weighted by Crippen LogP contribution is -2.25. The molecule has 1 rings (SSSR count). The van der Waals surface area contributed by atoms with Crippen LogP contribution >= 0.6 is 22.6 Å². The molecule has 0 saturated heterocycles. The van der Waals surface area contributed by atoms with Gasteiger partial charge in [-0.15, -0.1) is 0 Å². The van der Waals surface area contributed by atoms with Gasteiger partial charge < -0.3 is 19.8 Å². The highest BCUT2D eigenvalue weighted by atomic mass is 127. The van der Waals surface area contributed by atoms with Crippen molar-refractivity contribution in [1.82, 2.24) is 0 Å². The minimum atomic E-state index is -1.33. The summed E-state index contributed by atoms with van der Waals surface area (Å²) in [7, 11) is 0.